The van der Waals surface area contributed by atoms with Gasteiger partial charge in [-0.15, -0.1) is 0 Å². The maximum atomic E-state index is 15.6. The van der Waals surface area contributed by atoms with Gasteiger partial charge in [-0.05, 0) is 175 Å². The highest BCUT2D eigenvalue weighted by Crippen LogP contribution is 2.52. The number of Topliss-reactive ketones (excluding diaryl/α,β-unsaturated/α-hetero) is 4. The molecule has 0 fully saturated rings. The van der Waals surface area contributed by atoms with Crippen LogP contribution >= 0.6 is 127 Å². The number of nitrogens with zero attached hydrogens (tertiary/aromatic N) is 4. The molecule has 2 aliphatic carbocycles. The number of carbonyl (C=O) groups is 8. The number of rotatable bonds is 6. The number of hydrogen-bond donors (Lipinski definition) is 0. The Morgan fingerprint density at radius 3 is 0.852 bits per heavy atom. The highest BCUT2D eigenvalue weighted by atomic mass is 79.9. The summed E-state index contributed by atoms with van der Waals surface area (Å²) in [4.78, 5) is 124. The first-order valence-corrected chi connectivity index (χ1v) is 28.8. The first-order valence-electron chi connectivity index (χ1n) is 22.5. The van der Waals surface area contributed by atoms with Gasteiger partial charge in [0, 0.05) is 75.2 Å². The first kappa shape index (κ1) is 55.9. The summed E-state index contributed by atoms with van der Waals surface area (Å²) >= 11 is 26.9. The molecule has 0 spiro atoms. The number of imide groups is 2. The van der Waals surface area contributed by atoms with Gasteiger partial charge in [0.25, 0.3) is 23.6 Å². The molecule has 12 nitrogen and oxygen atoms in total. The Hall–Kier alpha value is -5.62. The van der Waals surface area contributed by atoms with Gasteiger partial charge in [-0.2, -0.15) is 0 Å². The van der Waals surface area contributed by atoms with Gasteiger partial charge in [-0.3, -0.25) is 48.3 Å². The summed E-state index contributed by atoms with van der Waals surface area (Å²) in [5.74, 6) is -31.8. The number of fused-ring (bicyclic) bond motifs is 6. The van der Waals surface area contributed by atoms with E-state index >= 15 is 17.6 Å². The van der Waals surface area contributed by atoms with E-state index in [0.29, 0.717) is 17.9 Å². The fourth-order valence-corrected chi connectivity index (χ4v) is 15.5. The zero-order valence-corrected chi connectivity index (χ0v) is 51.3. The van der Waals surface area contributed by atoms with Gasteiger partial charge >= 0.3 is 0 Å². The van der Waals surface area contributed by atoms with Crippen LogP contribution in [-0.4, -0.2) is 56.7 Å². The Bertz CT molecular complexity index is 4110. The topological polar surface area (TPSA) is 169 Å². The molecule has 4 amide bonds. The molecule has 0 saturated heterocycles. The molecule has 0 bridgehead atoms. The number of aromatic nitrogens is 2. The molecule has 0 atom stereocenters. The average Bonchev–Trinajstić information content (AvgIpc) is 4.09. The third-order valence-electron chi connectivity index (χ3n) is 14.1. The molecule has 12 rings (SSSR count). The van der Waals surface area contributed by atoms with Crippen molar-refractivity contribution in [1.82, 2.24) is 9.97 Å². The van der Waals surface area contributed by atoms with Gasteiger partial charge in [0.15, 0.2) is 69.7 Å². The van der Waals surface area contributed by atoms with Crippen LogP contribution < -0.4 is 9.80 Å². The van der Waals surface area contributed by atoms with E-state index in [0.717, 1.165) is 36.4 Å². The molecule has 6 aromatic carbocycles. The Labute approximate surface area is 512 Å². The minimum absolute atomic E-state index is 0.0229. The van der Waals surface area contributed by atoms with Crippen LogP contribution in [0.4, 0.5) is 46.5 Å². The van der Waals surface area contributed by atoms with Crippen LogP contribution in [0.1, 0.15) is 117 Å². The molecule has 2 aromatic heterocycles. The van der Waals surface area contributed by atoms with Crippen molar-refractivity contribution < 1.29 is 73.5 Å². The van der Waals surface area contributed by atoms with Crippen LogP contribution in [0.5, 0.6) is 0 Å². The first-order chi connectivity index (χ1) is 38.2. The van der Waals surface area contributed by atoms with E-state index in [9.17, 15) is 55.9 Å². The lowest BCUT2D eigenvalue weighted by Gasteiger charge is -2.24. The Morgan fingerprint density at radius 1 is 0.333 bits per heavy atom. The molecule has 81 heavy (non-hydrogen) atoms. The van der Waals surface area contributed by atoms with Gasteiger partial charge in [0.1, 0.15) is 11.8 Å². The molecule has 2 aliphatic heterocycles. The number of carbonyl (C=O) groups excluding carboxylic acids is 8. The van der Waals surface area contributed by atoms with E-state index < -0.39 is 145 Å². The van der Waals surface area contributed by atoms with Crippen molar-refractivity contribution in [3.05, 3.63) is 198 Å². The van der Waals surface area contributed by atoms with Crippen molar-refractivity contribution >= 4 is 207 Å². The molecular weight excluding hydrogens is 1610 g/mol. The SMILES string of the molecule is O=C1c2c(Br)c(Br)c(Br)c(Br)c2C(=O)C1c1ccc2c(N3C(=O)c4c(F)c(F)c(F)c(F)c4C3=O)c(Cc3ccc4nc(C5C(=O)c6c(Br)c(Br)c(Br)c(Br)c6C5=O)ccc4c3N3C(=O)c4c(F)c(F)c(F)c(F)c4C3=O)ccc2n1. The molecule has 8 aromatic rings. The van der Waals surface area contributed by atoms with Crippen LogP contribution in [0.2, 0.25) is 0 Å². The number of hydrogen-bond acceptors (Lipinski definition) is 10. The molecule has 0 N–H and O–H groups in total. The third-order valence-corrected chi connectivity index (χ3v) is 23.6. The van der Waals surface area contributed by atoms with Crippen molar-refractivity contribution in [2.24, 2.45) is 0 Å². The van der Waals surface area contributed by atoms with Crippen molar-refractivity contribution in [2.45, 2.75) is 18.3 Å². The number of benzene rings is 6. The van der Waals surface area contributed by atoms with Crippen LogP contribution in [0.15, 0.2) is 84.3 Å². The maximum absolute atomic E-state index is 15.6. The molecule has 4 aliphatic rings. The predicted molar refractivity (Wildman–Crippen MR) is 298 cm³/mol. The minimum Gasteiger partial charge on any atom is -0.293 e. The van der Waals surface area contributed by atoms with Gasteiger partial charge in [-0.25, -0.2) is 44.9 Å². The number of pyridine rings is 2. The van der Waals surface area contributed by atoms with Gasteiger partial charge in [0.2, 0.25) is 0 Å². The fourth-order valence-electron chi connectivity index (χ4n) is 10.5. The second-order valence-corrected chi connectivity index (χ2v) is 24.5. The summed E-state index contributed by atoms with van der Waals surface area (Å²) in [5, 5.41) is -0.547. The standard InChI is InChI=1S/C53H12Br8F8N4O8/c54-28-20-21(29(55)33(59)32(28)58)47(75)18(46(20)74)16-7-3-12-14(70-16)5-1-10(44(12)72-50(78)24-25(51(72)79)37(63)41(67)40(66)36(24)62)9-11-2-6-15-13(45(11)73-52(80)26-27(53(73)81)39(65)43(69)42(68)38(26)64)4-8-17(71-15)19-48(76)22-23(49(19)77)31(57)35(61)34(60)30(22)56/h1-8,18-19H,9H2. The summed E-state index contributed by atoms with van der Waals surface area (Å²) in [6.07, 6.45) is -0.760. The normalized spacial score (nSPS) is 15.3. The fraction of sp³-hybridized carbons (Fsp3) is 0.0566. The highest BCUT2D eigenvalue weighted by Gasteiger charge is 2.50. The average molecular weight is 1620 g/mol. The van der Waals surface area contributed by atoms with Crippen molar-refractivity contribution in [2.75, 3.05) is 9.80 Å². The lowest BCUT2D eigenvalue weighted by atomic mass is 9.94. The quantitative estimate of drug-likeness (QED) is 0.0513. The van der Waals surface area contributed by atoms with Crippen molar-refractivity contribution in [3.63, 3.8) is 0 Å². The van der Waals surface area contributed by atoms with E-state index in [1.807, 2.05) is 0 Å². The Balaban J connectivity index is 1.06. The number of halogens is 16. The smallest absolute Gasteiger partial charge is 0.269 e. The molecule has 4 heterocycles. The number of amides is 4. The molecular formula is C53H12Br8F8N4O8. The summed E-state index contributed by atoms with van der Waals surface area (Å²) < 4.78 is 124. The van der Waals surface area contributed by atoms with E-state index in [1.54, 1.807) is 0 Å². The lowest BCUT2D eigenvalue weighted by molar-refractivity contribution is 0.0871. The predicted octanol–water partition coefficient (Wildman–Crippen LogP) is 15.5. The molecule has 0 saturated carbocycles. The summed E-state index contributed by atoms with van der Waals surface area (Å²) in [6.45, 7) is 0. The zero-order valence-electron chi connectivity index (χ0n) is 38.6. The number of ketones is 4. The van der Waals surface area contributed by atoms with E-state index in [-0.39, 0.29) is 94.3 Å². The maximum Gasteiger partial charge on any atom is 0.269 e. The monoisotopic (exact) mass is 1620 g/mol. The van der Waals surface area contributed by atoms with E-state index in [2.05, 4.69) is 137 Å². The number of anilines is 2. The zero-order chi connectivity index (χ0) is 58.3. The van der Waals surface area contributed by atoms with Gasteiger partial charge in [0.05, 0.1) is 56.0 Å². The molecule has 28 heteroatoms. The van der Waals surface area contributed by atoms with Gasteiger partial charge in [-0.1, -0.05) is 12.1 Å². The van der Waals surface area contributed by atoms with Crippen LogP contribution in [0.25, 0.3) is 21.8 Å². The largest absolute Gasteiger partial charge is 0.293 e. The Morgan fingerprint density at radius 2 is 0.593 bits per heavy atom. The van der Waals surface area contributed by atoms with Crippen molar-refractivity contribution in [1.29, 1.82) is 0 Å². The van der Waals surface area contributed by atoms with Crippen LogP contribution in [0, 0.1) is 46.5 Å². The molecule has 0 unspecified atom stereocenters. The summed E-state index contributed by atoms with van der Waals surface area (Å²) in [6, 6.07) is 9.43. The summed E-state index contributed by atoms with van der Waals surface area (Å²) in [7, 11) is 0. The minimum atomic E-state index is -2.44. The van der Waals surface area contributed by atoms with Crippen LogP contribution in [0.3, 0.4) is 0 Å². The highest BCUT2D eigenvalue weighted by molar-refractivity contribution is 9.15. The Kier molecular flexibility index (Phi) is 13.4. The van der Waals surface area contributed by atoms with E-state index in [4.69, 9.17) is 0 Å². The molecule has 0 radical (unpaired) electrons. The van der Waals surface area contributed by atoms with Gasteiger partial charge < -0.3 is 0 Å². The summed E-state index contributed by atoms with van der Waals surface area (Å²) in [5.41, 5.74) is -8.81. The van der Waals surface area contributed by atoms with Crippen molar-refractivity contribution in [3.8, 4) is 0 Å². The third kappa shape index (κ3) is 7.60. The lowest BCUT2D eigenvalue weighted by Crippen LogP contribution is -2.32. The van der Waals surface area contributed by atoms with Crippen LogP contribution in [-0.2, 0) is 6.42 Å². The second-order valence-electron chi connectivity index (χ2n) is 18.2. The van der Waals surface area contributed by atoms with E-state index in [1.165, 1.54) is 12.1 Å². The molecule has 404 valence electrons. The second kappa shape index (κ2) is 19.5.